The van der Waals surface area contributed by atoms with E-state index in [9.17, 15) is 18.0 Å². The Kier molecular flexibility index (Phi) is 3.52. The van der Waals surface area contributed by atoms with Crippen LogP contribution in [0, 0.1) is 0 Å². The van der Waals surface area contributed by atoms with E-state index in [1.165, 1.54) is 0 Å². The molecule has 2 aromatic rings. The summed E-state index contributed by atoms with van der Waals surface area (Å²) in [4.78, 5) is 11.6. The predicted octanol–water partition coefficient (Wildman–Crippen LogP) is 4.04. The topological polar surface area (TPSA) is 38.3 Å². The van der Waals surface area contributed by atoms with E-state index in [-0.39, 0.29) is 0 Å². The maximum absolute atomic E-state index is 12.1. The average Bonchev–Trinajstić information content (AvgIpc) is 2.80. The molecule has 0 spiro atoms. The van der Waals surface area contributed by atoms with Crippen LogP contribution < -0.4 is 5.32 Å². The zero-order chi connectivity index (χ0) is 15.7. The largest absolute Gasteiger partial charge is 0.436 e. The van der Waals surface area contributed by atoms with E-state index in [2.05, 4.69) is 0 Å². The molecule has 0 saturated carbocycles. The van der Waals surface area contributed by atoms with Gasteiger partial charge in [0.05, 0.1) is 0 Å². The van der Waals surface area contributed by atoms with Gasteiger partial charge in [0, 0.05) is 11.1 Å². The van der Waals surface area contributed by atoms with Crippen molar-refractivity contribution in [3.63, 3.8) is 0 Å². The zero-order valence-corrected chi connectivity index (χ0v) is 11.4. The molecule has 1 amide bonds. The van der Waals surface area contributed by atoms with Crippen molar-refractivity contribution in [2.24, 2.45) is 0 Å². The van der Waals surface area contributed by atoms with Gasteiger partial charge in [-0.25, -0.2) is 4.79 Å². The van der Waals surface area contributed by atoms with Crippen LogP contribution >= 0.6 is 0 Å². The molecule has 0 aliphatic heterocycles. The minimum Gasteiger partial charge on any atom is -0.436 e. The quantitative estimate of drug-likeness (QED) is 0.909. The normalized spacial score (nSPS) is 13.4. The van der Waals surface area contributed by atoms with E-state index in [4.69, 9.17) is 4.74 Å². The molecule has 2 aromatic carbocycles. The summed E-state index contributed by atoms with van der Waals surface area (Å²) in [7, 11) is 0. The molecule has 1 N–H and O–H groups in total. The van der Waals surface area contributed by atoms with Gasteiger partial charge in [-0.3, -0.25) is 0 Å². The highest BCUT2D eigenvalue weighted by Crippen LogP contribution is 2.44. The lowest BCUT2D eigenvalue weighted by Crippen LogP contribution is -2.34. The molecule has 0 unspecified atom stereocenters. The number of rotatable bonds is 2. The van der Waals surface area contributed by atoms with Crippen molar-refractivity contribution in [3.05, 3.63) is 59.7 Å². The van der Waals surface area contributed by atoms with Gasteiger partial charge in [0.25, 0.3) is 0 Å². The summed E-state index contributed by atoms with van der Waals surface area (Å²) in [5.41, 5.74) is 3.38. The molecule has 6 heteroatoms. The fraction of sp³-hybridized carbons (Fsp3) is 0.188. The molecule has 0 bridgehead atoms. The summed E-state index contributed by atoms with van der Waals surface area (Å²) in [6.45, 7) is -1.41. The van der Waals surface area contributed by atoms with Gasteiger partial charge in [-0.1, -0.05) is 48.5 Å². The molecule has 114 valence electrons. The van der Waals surface area contributed by atoms with Crippen LogP contribution in [0.3, 0.4) is 0 Å². The summed E-state index contributed by atoms with van der Waals surface area (Å²) in [6.07, 6.45) is -6.25. The second-order valence-corrected chi connectivity index (χ2v) is 4.93. The Balaban J connectivity index is 1.84. The van der Waals surface area contributed by atoms with E-state index in [1.807, 2.05) is 24.3 Å². The number of alkyl carbamates (subject to hydrolysis) is 1. The Bertz CT molecular complexity index is 667. The van der Waals surface area contributed by atoms with Crippen molar-refractivity contribution in [1.29, 1.82) is 0 Å². The maximum atomic E-state index is 12.1. The summed E-state index contributed by atoms with van der Waals surface area (Å²) in [5.74, 6) is 0. The first-order valence-corrected chi connectivity index (χ1v) is 6.65. The third-order valence-electron chi connectivity index (χ3n) is 3.43. The Morgan fingerprint density at radius 1 is 1.00 bits per heavy atom. The van der Waals surface area contributed by atoms with Crippen molar-refractivity contribution in [3.8, 4) is 11.1 Å². The number of ether oxygens (including phenoxy) is 1. The van der Waals surface area contributed by atoms with Gasteiger partial charge in [0.1, 0.15) is 6.54 Å². The number of amides is 1. The molecule has 0 radical (unpaired) electrons. The smallest absolute Gasteiger partial charge is 0.408 e. The molecule has 1 aliphatic carbocycles. The monoisotopic (exact) mass is 307 g/mol. The van der Waals surface area contributed by atoms with E-state index in [0.29, 0.717) is 0 Å². The minimum absolute atomic E-state index is 0.694. The lowest BCUT2D eigenvalue weighted by Gasteiger charge is -2.16. The van der Waals surface area contributed by atoms with Gasteiger partial charge in [-0.05, 0) is 11.1 Å². The lowest BCUT2D eigenvalue weighted by molar-refractivity contribution is -0.124. The third-order valence-corrected chi connectivity index (χ3v) is 3.43. The third kappa shape index (κ3) is 2.77. The SMILES string of the molecule is O=C(NCC(F)(F)F)OC1c2ccccc2-c2ccccc21. The summed E-state index contributed by atoms with van der Waals surface area (Å²) < 4.78 is 41.6. The second kappa shape index (κ2) is 5.36. The van der Waals surface area contributed by atoms with E-state index in [1.54, 1.807) is 29.6 Å². The number of hydrogen-bond donors (Lipinski definition) is 1. The van der Waals surface area contributed by atoms with Crippen molar-refractivity contribution in [2.75, 3.05) is 6.54 Å². The zero-order valence-electron chi connectivity index (χ0n) is 11.4. The lowest BCUT2D eigenvalue weighted by atomic mass is 10.1. The number of nitrogens with one attached hydrogen (secondary N) is 1. The second-order valence-electron chi connectivity index (χ2n) is 4.93. The van der Waals surface area contributed by atoms with Gasteiger partial charge < -0.3 is 10.1 Å². The van der Waals surface area contributed by atoms with Gasteiger partial charge in [-0.2, -0.15) is 13.2 Å². The molecule has 22 heavy (non-hydrogen) atoms. The average molecular weight is 307 g/mol. The van der Waals surface area contributed by atoms with Gasteiger partial charge >= 0.3 is 12.3 Å². The number of hydrogen-bond acceptors (Lipinski definition) is 2. The Morgan fingerprint density at radius 2 is 1.50 bits per heavy atom. The van der Waals surface area contributed by atoms with Gasteiger partial charge in [0.2, 0.25) is 0 Å². The molecule has 0 atom stereocenters. The molecule has 3 nitrogen and oxygen atoms in total. The molecule has 0 saturated heterocycles. The number of carbonyl (C=O) groups is 1. The fourth-order valence-electron chi connectivity index (χ4n) is 2.56. The van der Waals surface area contributed by atoms with Crippen LogP contribution in [0.15, 0.2) is 48.5 Å². The first-order chi connectivity index (χ1) is 10.5. The molecule has 0 fully saturated rings. The van der Waals surface area contributed by atoms with Gasteiger partial charge in [-0.15, -0.1) is 0 Å². The standard InChI is InChI=1S/C16H12F3NO2/c17-16(18,19)9-20-15(21)22-14-12-7-3-1-5-10(12)11-6-2-4-8-13(11)14/h1-8,14H,9H2,(H,20,21). The Hall–Kier alpha value is -2.50. The van der Waals surface area contributed by atoms with Crippen LogP contribution in [0.5, 0.6) is 0 Å². The number of fused-ring (bicyclic) bond motifs is 3. The van der Waals surface area contributed by atoms with Crippen molar-refractivity contribution >= 4 is 6.09 Å². The predicted molar refractivity (Wildman–Crippen MR) is 74.3 cm³/mol. The van der Waals surface area contributed by atoms with Crippen LogP contribution in [0.4, 0.5) is 18.0 Å². The van der Waals surface area contributed by atoms with E-state index >= 15 is 0 Å². The van der Waals surface area contributed by atoms with Crippen molar-refractivity contribution < 1.29 is 22.7 Å². The molecular formula is C16H12F3NO2. The first kappa shape index (κ1) is 14.4. The number of carbonyl (C=O) groups excluding carboxylic acids is 1. The highest BCUT2D eigenvalue weighted by molar-refractivity contribution is 5.79. The Labute approximate surface area is 124 Å². The molecule has 0 heterocycles. The Morgan fingerprint density at radius 3 is 2.00 bits per heavy atom. The van der Waals surface area contributed by atoms with Crippen LogP contribution in [-0.4, -0.2) is 18.8 Å². The summed E-state index contributed by atoms with van der Waals surface area (Å²) >= 11 is 0. The number of benzene rings is 2. The van der Waals surface area contributed by atoms with Gasteiger partial charge in [0.15, 0.2) is 6.10 Å². The molecule has 1 aliphatic rings. The maximum Gasteiger partial charge on any atom is 0.408 e. The summed E-state index contributed by atoms with van der Waals surface area (Å²) in [6, 6.07) is 14.7. The highest BCUT2D eigenvalue weighted by Gasteiger charge is 2.32. The highest BCUT2D eigenvalue weighted by atomic mass is 19.4. The number of halogens is 3. The molecule has 3 rings (SSSR count). The number of alkyl halides is 3. The summed E-state index contributed by atoms with van der Waals surface area (Å²) in [5, 5.41) is 1.72. The van der Waals surface area contributed by atoms with Crippen molar-refractivity contribution in [1.82, 2.24) is 5.32 Å². The minimum atomic E-state index is -4.47. The molecular weight excluding hydrogens is 295 g/mol. The first-order valence-electron chi connectivity index (χ1n) is 6.65. The van der Waals surface area contributed by atoms with E-state index in [0.717, 1.165) is 22.3 Å². The van der Waals surface area contributed by atoms with E-state index < -0.39 is 24.9 Å². The fourth-order valence-corrected chi connectivity index (χ4v) is 2.56. The van der Waals surface area contributed by atoms with Crippen LogP contribution in [-0.2, 0) is 4.74 Å². The van der Waals surface area contributed by atoms with Crippen LogP contribution in [0.25, 0.3) is 11.1 Å². The van der Waals surface area contributed by atoms with Crippen LogP contribution in [0.2, 0.25) is 0 Å². The van der Waals surface area contributed by atoms with Crippen molar-refractivity contribution in [2.45, 2.75) is 12.3 Å². The molecule has 0 aromatic heterocycles. The van der Waals surface area contributed by atoms with Crippen LogP contribution in [0.1, 0.15) is 17.2 Å².